The van der Waals surface area contributed by atoms with Crippen LogP contribution in [0.3, 0.4) is 0 Å². The molecule has 0 aromatic heterocycles. The van der Waals surface area contributed by atoms with Crippen LogP contribution in [0.15, 0.2) is 0 Å². The van der Waals surface area contributed by atoms with Gasteiger partial charge in [-0.2, -0.15) is 0 Å². The minimum atomic E-state index is 0.528. The van der Waals surface area contributed by atoms with Crippen molar-refractivity contribution in [2.45, 2.75) is 39.2 Å². The molecule has 1 atom stereocenters. The molecule has 0 aromatic carbocycles. The predicted octanol–water partition coefficient (Wildman–Crippen LogP) is 1.03. The quantitative estimate of drug-likeness (QED) is 0.425. The summed E-state index contributed by atoms with van der Waals surface area (Å²) in [6, 6.07) is 0.528. The van der Waals surface area contributed by atoms with Crippen molar-refractivity contribution in [2.75, 3.05) is 0 Å². The lowest BCUT2D eigenvalue weighted by molar-refractivity contribution is 0.476. The molecule has 0 aliphatic rings. The largest absolute Gasteiger partial charge is 0.271 e. The van der Waals surface area contributed by atoms with Crippen LogP contribution < -0.4 is 11.3 Å². The third kappa shape index (κ3) is 2.99. The Labute approximate surface area is 51.4 Å². The van der Waals surface area contributed by atoms with E-state index in [2.05, 4.69) is 19.3 Å². The maximum Gasteiger partial charge on any atom is 0.0207 e. The van der Waals surface area contributed by atoms with Crippen molar-refractivity contribution in [3.05, 3.63) is 0 Å². The third-order valence-electron chi connectivity index (χ3n) is 1.37. The van der Waals surface area contributed by atoms with E-state index in [9.17, 15) is 0 Å². The van der Waals surface area contributed by atoms with Gasteiger partial charge in [0, 0.05) is 6.04 Å². The van der Waals surface area contributed by atoms with Crippen LogP contribution in [0.25, 0.3) is 0 Å². The molecule has 3 N–H and O–H groups in total. The molecule has 0 heterocycles. The van der Waals surface area contributed by atoms with Gasteiger partial charge in [-0.3, -0.25) is 11.3 Å². The summed E-state index contributed by atoms with van der Waals surface area (Å²) in [6.07, 6.45) is 3.53. The molecule has 0 aliphatic carbocycles. The zero-order valence-corrected chi connectivity index (χ0v) is 5.78. The molecule has 0 saturated carbocycles. The predicted molar refractivity (Wildman–Crippen MR) is 36.3 cm³/mol. The van der Waals surface area contributed by atoms with Crippen LogP contribution in [-0.4, -0.2) is 6.04 Å². The van der Waals surface area contributed by atoms with Crippen LogP contribution in [-0.2, 0) is 0 Å². The molecular formula is C6H16N2. The number of nitrogens with one attached hydrogen (secondary N) is 1. The molecule has 0 aromatic rings. The standard InChI is InChI=1S/C6H16N2/c1-3-5-6(4-2)8-7/h6,8H,3-5,7H2,1-2H3/t6-/m0/s1. The molecule has 0 radical (unpaired) electrons. The topological polar surface area (TPSA) is 38.0 Å². The highest BCUT2D eigenvalue weighted by Crippen LogP contribution is 1.97. The van der Waals surface area contributed by atoms with Crippen molar-refractivity contribution in [3.8, 4) is 0 Å². The van der Waals surface area contributed by atoms with Gasteiger partial charge in [0.1, 0.15) is 0 Å². The average molecular weight is 116 g/mol. The van der Waals surface area contributed by atoms with Crippen molar-refractivity contribution < 1.29 is 0 Å². The lowest BCUT2D eigenvalue weighted by Crippen LogP contribution is -2.34. The van der Waals surface area contributed by atoms with Gasteiger partial charge in [0.2, 0.25) is 0 Å². The molecule has 2 nitrogen and oxygen atoms in total. The summed E-state index contributed by atoms with van der Waals surface area (Å²) in [4.78, 5) is 0. The summed E-state index contributed by atoms with van der Waals surface area (Å²) in [5.41, 5.74) is 2.75. The summed E-state index contributed by atoms with van der Waals surface area (Å²) in [5.74, 6) is 5.22. The van der Waals surface area contributed by atoms with E-state index >= 15 is 0 Å². The highest BCUT2D eigenvalue weighted by Gasteiger charge is 1.98. The van der Waals surface area contributed by atoms with Gasteiger partial charge < -0.3 is 0 Å². The number of hydrogen-bond donors (Lipinski definition) is 2. The summed E-state index contributed by atoms with van der Waals surface area (Å²) in [7, 11) is 0. The van der Waals surface area contributed by atoms with Crippen LogP contribution in [0.1, 0.15) is 33.1 Å². The summed E-state index contributed by atoms with van der Waals surface area (Å²) >= 11 is 0. The van der Waals surface area contributed by atoms with E-state index in [1.807, 2.05) is 0 Å². The van der Waals surface area contributed by atoms with Crippen LogP contribution in [0.2, 0.25) is 0 Å². The van der Waals surface area contributed by atoms with E-state index in [0.717, 1.165) is 6.42 Å². The van der Waals surface area contributed by atoms with E-state index < -0.39 is 0 Å². The molecule has 0 bridgehead atoms. The number of nitrogens with two attached hydrogens (primary N) is 1. The Bertz CT molecular complexity index is 41.8. The summed E-state index contributed by atoms with van der Waals surface area (Å²) in [5, 5.41) is 0. The SMILES string of the molecule is CCC[C@H](CC)NN. The van der Waals surface area contributed by atoms with Crippen molar-refractivity contribution in [2.24, 2.45) is 5.84 Å². The molecule has 0 rings (SSSR count). The normalized spacial score (nSPS) is 13.9. The Kier molecular flexibility index (Phi) is 5.01. The van der Waals surface area contributed by atoms with Crippen LogP contribution >= 0.6 is 0 Å². The Hall–Kier alpha value is -0.0800. The minimum absolute atomic E-state index is 0.528. The highest BCUT2D eigenvalue weighted by atomic mass is 15.2. The molecule has 0 spiro atoms. The lowest BCUT2D eigenvalue weighted by Gasteiger charge is -2.10. The Morgan fingerprint density at radius 3 is 2.25 bits per heavy atom. The summed E-state index contributed by atoms with van der Waals surface area (Å²) in [6.45, 7) is 4.31. The highest BCUT2D eigenvalue weighted by molar-refractivity contribution is 4.57. The molecule has 0 amide bonds. The first-order chi connectivity index (χ1) is 3.85. The van der Waals surface area contributed by atoms with Gasteiger partial charge in [-0.15, -0.1) is 0 Å². The first kappa shape index (κ1) is 7.92. The fourth-order valence-corrected chi connectivity index (χ4v) is 0.754. The first-order valence-electron chi connectivity index (χ1n) is 3.31. The second-order valence-corrected chi connectivity index (χ2v) is 2.06. The number of hydrogen-bond acceptors (Lipinski definition) is 2. The zero-order chi connectivity index (χ0) is 6.41. The monoisotopic (exact) mass is 116 g/mol. The second kappa shape index (κ2) is 5.06. The van der Waals surface area contributed by atoms with Gasteiger partial charge in [0.15, 0.2) is 0 Å². The van der Waals surface area contributed by atoms with Crippen LogP contribution in [0.5, 0.6) is 0 Å². The van der Waals surface area contributed by atoms with Gasteiger partial charge in [0.05, 0.1) is 0 Å². The Balaban J connectivity index is 3.07. The Morgan fingerprint density at radius 2 is 2.12 bits per heavy atom. The fraction of sp³-hybridized carbons (Fsp3) is 1.00. The van der Waals surface area contributed by atoms with Gasteiger partial charge in [-0.25, -0.2) is 0 Å². The van der Waals surface area contributed by atoms with Gasteiger partial charge >= 0.3 is 0 Å². The maximum absolute atomic E-state index is 5.22. The van der Waals surface area contributed by atoms with Crippen LogP contribution in [0.4, 0.5) is 0 Å². The van der Waals surface area contributed by atoms with Gasteiger partial charge in [0.25, 0.3) is 0 Å². The van der Waals surface area contributed by atoms with Crippen LogP contribution in [0, 0.1) is 0 Å². The van der Waals surface area contributed by atoms with E-state index in [0.29, 0.717) is 6.04 Å². The van der Waals surface area contributed by atoms with Gasteiger partial charge in [-0.05, 0) is 12.8 Å². The lowest BCUT2D eigenvalue weighted by atomic mass is 10.1. The first-order valence-corrected chi connectivity index (χ1v) is 3.31. The molecule has 2 heteroatoms. The Morgan fingerprint density at radius 1 is 1.50 bits per heavy atom. The zero-order valence-electron chi connectivity index (χ0n) is 5.78. The number of rotatable bonds is 4. The second-order valence-electron chi connectivity index (χ2n) is 2.06. The average Bonchev–Trinajstić information content (AvgIpc) is 1.83. The minimum Gasteiger partial charge on any atom is -0.271 e. The van der Waals surface area contributed by atoms with E-state index in [4.69, 9.17) is 5.84 Å². The smallest absolute Gasteiger partial charge is 0.0207 e. The molecule has 50 valence electrons. The van der Waals surface area contributed by atoms with Crippen molar-refractivity contribution in [3.63, 3.8) is 0 Å². The maximum atomic E-state index is 5.22. The number of hydrazine groups is 1. The molecule has 0 saturated heterocycles. The third-order valence-corrected chi connectivity index (χ3v) is 1.37. The molecular weight excluding hydrogens is 100 g/mol. The van der Waals surface area contributed by atoms with Crippen molar-refractivity contribution >= 4 is 0 Å². The van der Waals surface area contributed by atoms with Crippen molar-refractivity contribution in [1.82, 2.24) is 5.43 Å². The van der Waals surface area contributed by atoms with Gasteiger partial charge in [-0.1, -0.05) is 20.3 Å². The van der Waals surface area contributed by atoms with Crippen molar-refractivity contribution in [1.29, 1.82) is 0 Å². The molecule has 0 fully saturated rings. The molecule has 0 aliphatic heterocycles. The molecule has 0 unspecified atom stereocenters. The van der Waals surface area contributed by atoms with E-state index in [1.54, 1.807) is 0 Å². The van der Waals surface area contributed by atoms with E-state index in [1.165, 1.54) is 12.8 Å². The molecule has 8 heavy (non-hydrogen) atoms. The summed E-state index contributed by atoms with van der Waals surface area (Å²) < 4.78 is 0. The van der Waals surface area contributed by atoms with E-state index in [-0.39, 0.29) is 0 Å². The fourth-order valence-electron chi connectivity index (χ4n) is 0.754.